The Morgan fingerprint density at radius 2 is 2.00 bits per heavy atom. The molecule has 1 saturated carbocycles. The van der Waals surface area contributed by atoms with Gasteiger partial charge in [0, 0.05) is 31.4 Å². The van der Waals surface area contributed by atoms with Gasteiger partial charge in [-0.2, -0.15) is 5.10 Å². The normalized spacial score (nSPS) is 23.5. The number of nitrogens with two attached hydrogens (primary N) is 1. The molecule has 8 heteroatoms. The molecule has 1 aliphatic heterocycles. The second-order valence-electron chi connectivity index (χ2n) is 7.44. The number of methoxy groups -OCH3 is 1. The molecule has 2 atom stereocenters. The lowest BCUT2D eigenvalue weighted by atomic mass is 9.90. The Morgan fingerprint density at radius 3 is 2.74 bits per heavy atom. The maximum atomic E-state index is 11.4. The van der Waals surface area contributed by atoms with Crippen LogP contribution in [0.5, 0.6) is 0 Å². The Kier molecular flexibility index (Phi) is 7.63. The summed E-state index contributed by atoms with van der Waals surface area (Å²) in [6.07, 6.45) is 8.00. The lowest BCUT2D eigenvalue weighted by Crippen LogP contribution is -2.48. The summed E-state index contributed by atoms with van der Waals surface area (Å²) in [5.41, 5.74) is 6.73. The zero-order valence-electron chi connectivity index (χ0n) is 16.2. The van der Waals surface area contributed by atoms with Gasteiger partial charge in [-0.3, -0.25) is 9.58 Å². The molecule has 0 radical (unpaired) electrons. The summed E-state index contributed by atoms with van der Waals surface area (Å²) in [6, 6.07) is 1.14. The van der Waals surface area contributed by atoms with Crippen LogP contribution in [0.4, 0.5) is 0 Å². The predicted octanol–water partition coefficient (Wildman–Crippen LogP) is 0.905. The fourth-order valence-electron chi connectivity index (χ4n) is 3.58. The third-order valence-electron chi connectivity index (χ3n) is 5.41. The topological polar surface area (TPSA) is 91.8 Å². The lowest BCUT2D eigenvalue weighted by molar-refractivity contribution is 0.0325. The number of hydrogen-bond acceptors (Lipinski definition) is 7. The molecule has 1 aromatic rings. The number of likely N-dealkylation sites (tertiary alicyclic amines) is 1. The van der Waals surface area contributed by atoms with Crippen LogP contribution in [0.25, 0.3) is 0 Å². The molecule has 27 heavy (non-hydrogen) atoms. The molecule has 1 aliphatic carbocycles. The van der Waals surface area contributed by atoms with Gasteiger partial charge in [-0.05, 0) is 38.1 Å². The molecule has 3 rings (SSSR count). The first kappa shape index (κ1) is 20.3. The molecule has 2 heterocycles. The average Bonchev–Trinajstić information content (AvgIpc) is 3.42. The highest BCUT2D eigenvalue weighted by atomic mass is 16.5. The van der Waals surface area contributed by atoms with Crippen LogP contribution in [-0.2, 0) is 20.8 Å². The fourth-order valence-corrected chi connectivity index (χ4v) is 3.58. The molecule has 2 fully saturated rings. The van der Waals surface area contributed by atoms with Crippen LogP contribution in [0.1, 0.15) is 36.0 Å². The minimum absolute atomic E-state index is 0.309. The monoisotopic (exact) mass is 380 g/mol. The van der Waals surface area contributed by atoms with E-state index in [1.165, 1.54) is 26.1 Å². The second kappa shape index (κ2) is 10.2. The smallest absolute Gasteiger partial charge is 0.341 e. The summed E-state index contributed by atoms with van der Waals surface area (Å²) in [5, 5.41) is 4.10. The minimum atomic E-state index is -0.381. The Labute approximate surface area is 160 Å². The first-order valence-electron chi connectivity index (χ1n) is 9.93. The zero-order chi connectivity index (χ0) is 19.1. The number of carbonyl (C=O) groups excluding carboxylic acids is 1. The molecule has 0 amide bonds. The summed E-state index contributed by atoms with van der Waals surface area (Å²) in [6.45, 7) is 5.27. The number of rotatable bonds is 11. The van der Waals surface area contributed by atoms with Crippen molar-refractivity contribution in [1.29, 1.82) is 0 Å². The van der Waals surface area contributed by atoms with E-state index in [2.05, 4.69) is 14.7 Å². The largest absolute Gasteiger partial charge is 0.465 e. The molecule has 2 N–H and O–H groups in total. The van der Waals surface area contributed by atoms with Gasteiger partial charge >= 0.3 is 5.97 Å². The van der Waals surface area contributed by atoms with E-state index in [1.807, 2.05) is 0 Å². The van der Waals surface area contributed by atoms with Crippen molar-refractivity contribution in [2.45, 2.75) is 44.3 Å². The number of nitrogens with zero attached hydrogens (tertiary/aromatic N) is 3. The number of esters is 1. The summed E-state index contributed by atoms with van der Waals surface area (Å²) < 4.78 is 17.6. The quantitative estimate of drug-likeness (QED) is 0.450. The van der Waals surface area contributed by atoms with Crippen molar-refractivity contribution in [3.8, 4) is 0 Å². The molecule has 8 nitrogen and oxygen atoms in total. The first-order chi connectivity index (χ1) is 13.2. The molecule has 1 aromatic heterocycles. The van der Waals surface area contributed by atoms with Gasteiger partial charge in [-0.1, -0.05) is 0 Å². The van der Waals surface area contributed by atoms with E-state index >= 15 is 0 Å². The highest BCUT2D eigenvalue weighted by Gasteiger charge is 2.35. The van der Waals surface area contributed by atoms with Crippen molar-refractivity contribution in [2.24, 2.45) is 11.7 Å². The number of aromatic nitrogens is 2. The van der Waals surface area contributed by atoms with Crippen LogP contribution in [0.3, 0.4) is 0 Å². The minimum Gasteiger partial charge on any atom is -0.465 e. The fraction of sp³-hybridized carbons (Fsp3) is 0.789. The van der Waals surface area contributed by atoms with Crippen molar-refractivity contribution in [1.82, 2.24) is 14.7 Å². The number of ether oxygens (including phenoxy) is 3. The van der Waals surface area contributed by atoms with Crippen molar-refractivity contribution in [3.05, 3.63) is 18.0 Å². The van der Waals surface area contributed by atoms with E-state index in [0.717, 1.165) is 38.6 Å². The van der Waals surface area contributed by atoms with Gasteiger partial charge in [-0.15, -0.1) is 0 Å². The highest BCUT2D eigenvalue weighted by molar-refractivity contribution is 5.88. The first-order valence-corrected chi connectivity index (χ1v) is 9.93. The summed E-state index contributed by atoms with van der Waals surface area (Å²) in [7, 11) is 1.36. The van der Waals surface area contributed by atoms with E-state index in [1.54, 1.807) is 10.9 Å². The molecule has 0 unspecified atom stereocenters. The van der Waals surface area contributed by atoms with Crippen molar-refractivity contribution in [2.75, 3.05) is 46.6 Å². The van der Waals surface area contributed by atoms with Crippen LogP contribution in [0.15, 0.2) is 12.4 Å². The third-order valence-corrected chi connectivity index (χ3v) is 5.41. The molecule has 0 bridgehead atoms. The van der Waals surface area contributed by atoms with E-state index < -0.39 is 0 Å². The van der Waals surface area contributed by atoms with Gasteiger partial charge in [-0.25, -0.2) is 4.79 Å². The summed E-state index contributed by atoms with van der Waals surface area (Å²) in [5.74, 6) is 0.164. The Morgan fingerprint density at radius 1 is 1.22 bits per heavy atom. The average molecular weight is 380 g/mol. The summed E-state index contributed by atoms with van der Waals surface area (Å²) in [4.78, 5) is 14.0. The van der Waals surface area contributed by atoms with Gasteiger partial charge in [0.05, 0.1) is 45.2 Å². The number of carbonyl (C=O) groups is 1. The molecular formula is C19H32N4O4. The predicted molar refractivity (Wildman–Crippen MR) is 100 cm³/mol. The lowest BCUT2D eigenvalue weighted by Gasteiger charge is -2.37. The Hall–Kier alpha value is -1.48. The summed E-state index contributed by atoms with van der Waals surface area (Å²) >= 11 is 0. The Bertz CT molecular complexity index is 590. The van der Waals surface area contributed by atoms with E-state index in [9.17, 15) is 4.79 Å². The highest BCUT2D eigenvalue weighted by Crippen LogP contribution is 2.31. The van der Waals surface area contributed by atoms with Gasteiger partial charge in [0.1, 0.15) is 0 Å². The Balaban J connectivity index is 1.20. The molecular weight excluding hydrogens is 348 g/mol. The number of piperidine rings is 1. The van der Waals surface area contributed by atoms with E-state index in [-0.39, 0.29) is 5.97 Å². The van der Waals surface area contributed by atoms with Crippen LogP contribution in [-0.4, -0.2) is 79.4 Å². The van der Waals surface area contributed by atoms with E-state index in [0.29, 0.717) is 43.9 Å². The molecule has 1 saturated heterocycles. The second-order valence-corrected chi connectivity index (χ2v) is 7.44. The van der Waals surface area contributed by atoms with Gasteiger partial charge in [0.25, 0.3) is 0 Å². The maximum absolute atomic E-state index is 11.4. The zero-order valence-corrected chi connectivity index (χ0v) is 16.2. The standard InChI is InChI=1S/C19H32N4O4/c1-25-19(24)16-12-21-23(14-16)7-9-27-11-10-26-8-5-15-13-22(17-2-3-17)6-4-18(15)20/h12,14-15,17-18H,2-11,13,20H2,1H3/t15-,18-/m0/s1. The number of hydrogen-bond donors (Lipinski definition) is 1. The van der Waals surface area contributed by atoms with Gasteiger partial charge < -0.3 is 19.9 Å². The maximum Gasteiger partial charge on any atom is 0.341 e. The van der Waals surface area contributed by atoms with Gasteiger partial charge in [0.2, 0.25) is 0 Å². The van der Waals surface area contributed by atoms with Gasteiger partial charge in [0.15, 0.2) is 0 Å². The van der Waals surface area contributed by atoms with Crippen molar-refractivity contribution >= 4 is 5.97 Å². The van der Waals surface area contributed by atoms with Crippen molar-refractivity contribution in [3.63, 3.8) is 0 Å². The van der Waals surface area contributed by atoms with Crippen LogP contribution in [0.2, 0.25) is 0 Å². The van der Waals surface area contributed by atoms with Crippen LogP contribution < -0.4 is 5.73 Å². The van der Waals surface area contributed by atoms with Crippen LogP contribution >= 0.6 is 0 Å². The van der Waals surface area contributed by atoms with Crippen molar-refractivity contribution < 1.29 is 19.0 Å². The molecule has 0 spiro atoms. The molecule has 0 aromatic carbocycles. The van der Waals surface area contributed by atoms with Crippen LogP contribution in [0, 0.1) is 5.92 Å². The van der Waals surface area contributed by atoms with E-state index in [4.69, 9.17) is 15.2 Å². The molecule has 152 valence electrons. The molecule has 2 aliphatic rings. The SMILES string of the molecule is COC(=O)c1cnn(CCOCCOCC[C@H]2CN(C3CC3)CC[C@@H]2N)c1. The third kappa shape index (κ3) is 6.27.